The molecule has 1 atom stereocenters. The Kier molecular flexibility index (Phi) is 4.54. The van der Waals surface area contributed by atoms with Crippen LogP contribution in [0.1, 0.15) is 35.3 Å². The highest BCUT2D eigenvalue weighted by molar-refractivity contribution is 7.15. The van der Waals surface area contributed by atoms with Crippen LogP contribution in [0.25, 0.3) is 10.6 Å². The van der Waals surface area contributed by atoms with Crippen molar-refractivity contribution in [2.45, 2.75) is 38.3 Å². The summed E-state index contributed by atoms with van der Waals surface area (Å²) in [7, 11) is 0. The van der Waals surface area contributed by atoms with Gasteiger partial charge < -0.3 is 10.5 Å². The Morgan fingerprint density at radius 2 is 2.17 bits per heavy atom. The molecule has 4 rings (SSSR count). The third-order valence-corrected chi connectivity index (χ3v) is 5.96. The van der Waals surface area contributed by atoms with E-state index >= 15 is 0 Å². The summed E-state index contributed by atoms with van der Waals surface area (Å²) in [6, 6.07) is 4.26. The highest BCUT2D eigenvalue weighted by Gasteiger charge is 2.19. The molecule has 0 unspecified atom stereocenters. The van der Waals surface area contributed by atoms with E-state index in [2.05, 4.69) is 32.6 Å². The zero-order chi connectivity index (χ0) is 16.4. The Bertz CT molecular complexity index is 804. The molecule has 9 heteroatoms. The van der Waals surface area contributed by atoms with E-state index in [1.807, 2.05) is 10.9 Å². The zero-order valence-corrected chi connectivity index (χ0v) is 14.7. The smallest absolute Gasteiger partial charge is 0.203 e. The molecule has 1 aliphatic heterocycles. The van der Waals surface area contributed by atoms with E-state index in [-0.39, 0.29) is 6.10 Å². The van der Waals surface area contributed by atoms with Gasteiger partial charge in [0, 0.05) is 24.4 Å². The standard InChI is InChI=1S/C15H18N6OS2/c16-15-19-18-14(24-15)6-7-21-9-10(17-20-21)12-4-5-13(23-12)11-3-1-2-8-22-11/h4-5,9,11H,1-3,6-8H2,(H2,16,19)/t11-/m0/s1. The fourth-order valence-corrected chi connectivity index (χ4v) is 4.37. The van der Waals surface area contributed by atoms with Crippen molar-refractivity contribution in [1.29, 1.82) is 0 Å². The second kappa shape index (κ2) is 6.96. The largest absolute Gasteiger partial charge is 0.374 e. The maximum atomic E-state index is 5.86. The lowest BCUT2D eigenvalue weighted by Crippen LogP contribution is -2.09. The first-order chi connectivity index (χ1) is 11.8. The van der Waals surface area contributed by atoms with E-state index in [1.54, 1.807) is 11.3 Å². The van der Waals surface area contributed by atoms with Gasteiger partial charge in [-0.1, -0.05) is 16.6 Å². The van der Waals surface area contributed by atoms with Crippen molar-refractivity contribution in [3.63, 3.8) is 0 Å². The van der Waals surface area contributed by atoms with Gasteiger partial charge in [-0.2, -0.15) is 0 Å². The Morgan fingerprint density at radius 1 is 1.21 bits per heavy atom. The maximum Gasteiger partial charge on any atom is 0.203 e. The molecule has 0 aliphatic carbocycles. The molecule has 4 heterocycles. The summed E-state index contributed by atoms with van der Waals surface area (Å²) in [5, 5.41) is 17.7. The summed E-state index contributed by atoms with van der Waals surface area (Å²) in [5.74, 6) is 0. The van der Waals surface area contributed by atoms with Crippen LogP contribution in [0, 0.1) is 0 Å². The van der Waals surface area contributed by atoms with E-state index in [0.29, 0.717) is 11.7 Å². The molecule has 3 aromatic rings. The van der Waals surface area contributed by atoms with Crippen molar-refractivity contribution >= 4 is 27.8 Å². The predicted octanol–water partition coefficient (Wildman–Crippen LogP) is 2.92. The molecule has 0 bridgehead atoms. The summed E-state index contributed by atoms with van der Waals surface area (Å²) < 4.78 is 7.69. The van der Waals surface area contributed by atoms with Crippen LogP contribution in [-0.2, 0) is 17.7 Å². The molecular formula is C15H18N6OS2. The van der Waals surface area contributed by atoms with Crippen LogP contribution in [0.4, 0.5) is 5.13 Å². The molecule has 0 spiro atoms. The highest BCUT2D eigenvalue weighted by Crippen LogP contribution is 2.35. The van der Waals surface area contributed by atoms with Crippen LogP contribution >= 0.6 is 22.7 Å². The average molecular weight is 362 g/mol. The molecule has 0 aromatic carbocycles. The first kappa shape index (κ1) is 15.7. The minimum absolute atomic E-state index is 0.246. The van der Waals surface area contributed by atoms with E-state index in [1.165, 1.54) is 29.1 Å². The van der Waals surface area contributed by atoms with Gasteiger partial charge >= 0.3 is 0 Å². The minimum atomic E-state index is 0.246. The number of aromatic nitrogens is 5. The van der Waals surface area contributed by atoms with Crippen molar-refractivity contribution in [3.8, 4) is 10.6 Å². The summed E-state index contributed by atoms with van der Waals surface area (Å²) in [6.07, 6.45) is 6.49. The molecule has 0 radical (unpaired) electrons. The van der Waals surface area contributed by atoms with Gasteiger partial charge in [-0.05, 0) is 31.4 Å². The van der Waals surface area contributed by atoms with Gasteiger partial charge in [0.05, 0.1) is 17.2 Å². The van der Waals surface area contributed by atoms with E-state index in [4.69, 9.17) is 10.5 Å². The van der Waals surface area contributed by atoms with Crippen LogP contribution in [-0.4, -0.2) is 31.8 Å². The van der Waals surface area contributed by atoms with Gasteiger partial charge in [0.1, 0.15) is 10.7 Å². The second-order valence-electron chi connectivity index (χ2n) is 5.71. The van der Waals surface area contributed by atoms with Crippen LogP contribution < -0.4 is 5.73 Å². The number of thiophene rings is 1. The molecule has 1 saturated heterocycles. The Labute approximate surface area is 147 Å². The van der Waals surface area contributed by atoms with Gasteiger partial charge in [0.15, 0.2) is 0 Å². The summed E-state index contributed by atoms with van der Waals surface area (Å²) >= 11 is 3.16. The lowest BCUT2D eigenvalue weighted by molar-refractivity contribution is 0.0172. The molecule has 2 N–H and O–H groups in total. The number of aryl methyl sites for hydroxylation is 2. The molecule has 0 amide bonds. The lowest BCUT2D eigenvalue weighted by atomic mass is 10.1. The summed E-state index contributed by atoms with van der Waals surface area (Å²) in [4.78, 5) is 2.41. The Balaban J connectivity index is 1.41. The van der Waals surface area contributed by atoms with Gasteiger partial charge in [0.25, 0.3) is 0 Å². The van der Waals surface area contributed by atoms with E-state index in [0.717, 1.165) is 35.0 Å². The van der Waals surface area contributed by atoms with Crippen molar-refractivity contribution < 1.29 is 4.74 Å². The molecule has 0 saturated carbocycles. The zero-order valence-electron chi connectivity index (χ0n) is 13.1. The minimum Gasteiger partial charge on any atom is -0.374 e. The maximum absolute atomic E-state index is 5.86. The van der Waals surface area contributed by atoms with Gasteiger partial charge in [-0.3, -0.25) is 4.68 Å². The topological polar surface area (TPSA) is 91.7 Å². The normalized spacial score (nSPS) is 18.1. The molecule has 1 aliphatic rings. The number of nitrogens with zero attached hydrogens (tertiary/aromatic N) is 5. The van der Waals surface area contributed by atoms with Crippen LogP contribution in [0.5, 0.6) is 0 Å². The summed E-state index contributed by atoms with van der Waals surface area (Å²) in [5.41, 5.74) is 6.49. The number of rotatable bonds is 5. The van der Waals surface area contributed by atoms with E-state index < -0.39 is 0 Å². The molecule has 3 aromatic heterocycles. The number of anilines is 1. The van der Waals surface area contributed by atoms with Crippen LogP contribution in [0.2, 0.25) is 0 Å². The fourth-order valence-electron chi connectivity index (χ4n) is 2.73. The molecular weight excluding hydrogens is 344 g/mol. The van der Waals surface area contributed by atoms with Crippen LogP contribution in [0.3, 0.4) is 0 Å². The SMILES string of the molecule is Nc1nnc(CCn2cc(-c3ccc([C@@H]4CCCCO4)s3)nn2)s1. The lowest BCUT2D eigenvalue weighted by Gasteiger charge is -2.21. The first-order valence-electron chi connectivity index (χ1n) is 7.97. The quantitative estimate of drug-likeness (QED) is 0.750. The predicted molar refractivity (Wildman–Crippen MR) is 93.9 cm³/mol. The monoisotopic (exact) mass is 362 g/mol. The Morgan fingerprint density at radius 3 is 2.96 bits per heavy atom. The molecule has 1 fully saturated rings. The van der Waals surface area contributed by atoms with Crippen molar-refractivity contribution in [3.05, 3.63) is 28.2 Å². The van der Waals surface area contributed by atoms with Gasteiger partial charge in [-0.15, -0.1) is 26.6 Å². The van der Waals surface area contributed by atoms with Gasteiger partial charge in [-0.25, -0.2) is 0 Å². The van der Waals surface area contributed by atoms with E-state index in [9.17, 15) is 0 Å². The number of nitrogens with two attached hydrogens (primary N) is 1. The van der Waals surface area contributed by atoms with Crippen molar-refractivity contribution in [2.24, 2.45) is 0 Å². The van der Waals surface area contributed by atoms with Gasteiger partial charge in [0.2, 0.25) is 5.13 Å². The number of hydrogen-bond acceptors (Lipinski definition) is 8. The fraction of sp³-hybridized carbons (Fsp3) is 0.467. The van der Waals surface area contributed by atoms with Crippen molar-refractivity contribution in [1.82, 2.24) is 25.2 Å². The number of nitrogen functional groups attached to an aromatic ring is 1. The molecule has 7 nitrogen and oxygen atoms in total. The number of hydrogen-bond donors (Lipinski definition) is 1. The van der Waals surface area contributed by atoms with Crippen LogP contribution in [0.15, 0.2) is 18.3 Å². The third-order valence-electron chi connectivity index (χ3n) is 3.95. The molecule has 126 valence electrons. The second-order valence-corrected chi connectivity index (χ2v) is 7.92. The molecule has 24 heavy (non-hydrogen) atoms. The highest BCUT2D eigenvalue weighted by atomic mass is 32.1. The summed E-state index contributed by atoms with van der Waals surface area (Å²) in [6.45, 7) is 1.58. The van der Waals surface area contributed by atoms with Crippen molar-refractivity contribution in [2.75, 3.05) is 12.3 Å². The number of ether oxygens (including phenoxy) is 1. The average Bonchev–Trinajstić information content (AvgIpc) is 3.34. The Hall–Kier alpha value is -1.84. The first-order valence-corrected chi connectivity index (χ1v) is 9.61. The third kappa shape index (κ3) is 3.47.